The van der Waals surface area contributed by atoms with E-state index in [-0.39, 0.29) is 11.2 Å². The molecule has 10 heteroatoms. The molecule has 0 aliphatic carbocycles. The molecule has 0 atom stereocenters. The lowest BCUT2D eigenvalue weighted by Gasteiger charge is -2.32. The van der Waals surface area contributed by atoms with Gasteiger partial charge in [-0.05, 0) is 67.9 Å². The lowest BCUT2D eigenvalue weighted by Crippen LogP contribution is -2.41. The van der Waals surface area contributed by atoms with Gasteiger partial charge in [-0.15, -0.1) is 0 Å². The lowest BCUT2D eigenvalue weighted by atomic mass is 9.78. The van der Waals surface area contributed by atoms with E-state index in [2.05, 4.69) is 36.1 Å². The SMILES string of the molecule is Cn1cc(B2OC(C)(C)C(C)(C)O2)c(-c2ccccn2)n1.Cn1cc(Br)c(-c2ccccn2)n1. The van der Waals surface area contributed by atoms with Crippen LogP contribution in [0.1, 0.15) is 27.7 Å². The van der Waals surface area contributed by atoms with Crippen LogP contribution in [-0.2, 0) is 23.4 Å². The van der Waals surface area contributed by atoms with Crippen LogP contribution in [0.5, 0.6) is 0 Å². The third-order valence-corrected chi connectivity index (χ3v) is 6.54. The Labute approximate surface area is 208 Å². The maximum absolute atomic E-state index is 6.12. The third kappa shape index (κ3) is 4.99. The molecule has 0 saturated carbocycles. The van der Waals surface area contributed by atoms with Crippen LogP contribution >= 0.6 is 15.9 Å². The summed E-state index contributed by atoms with van der Waals surface area (Å²) in [6.07, 6.45) is 7.37. The van der Waals surface area contributed by atoms with Gasteiger partial charge in [0.25, 0.3) is 0 Å². The van der Waals surface area contributed by atoms with Crippen LogP contribution in [0.25, 0.3) is 22.8 Å². The van der Waals surface area contributed by atoms with Crippen molar-refractivity contribution in [3.05, 3.63) is 65.7 Å². The maximum atomic E-state index is 6.12. The normalized spacial score (nSPS) is 16.3. The van der Waals surface area contributed by atoms with Crippen LogP contribution in [0.3, 0.4) is 0 Å². The van der Waals surface area contributed by atoms with Crippen molar-refractivity contribution in [1.29, 1.82) is 0 Å². The molecule has 5 rings (SSSR count). The quantitative estimate of drug-likeness (QED) is 0.378. The van der Waals surface area contributed by atoms with Crippen molar-refractivity contribution >= 4 is 28.5 Å². The Kier molecular flexibility index (Phi) is 6.75. The minimum absolute atomic E-state index is 0.366. The number of halogens is 1. The summed E-state index contributed by atoms with van der Waals surface area (Å²) in [6.45, 7) is 8.18. The zero-order valence-corrected chi connectivity index (χ0v) is 21.8. The smallest absolute Gasteiger partial charge is 0.399 e. The molecule has 1 aliphatic rings. The topological polar surface area (TPSA) is 79.9 Å². The number of pyridine rings is 2. The van der Waals surface area contributed by atoms with Crippen molar-refractivity contribution in [3.63, 3.8) is 0 Å². The van der Waals surface area contributed by atoms with Gasteiger partial charge in [0.2, 0.25) is 0 Å². The molecule has 0 unspecified atom stereocenters. The highest BCUT2D eigenvalue weighted by Gasteiger charge is 2.52. The summed E-state index contributed by atoms with van der Waals surface area (Å²) in [7, 11) is 3.35. The van der Waals surface area contributed by atoms with Crippen LogP contribution in [0.4, 0.5) is 0 Å². The van der Waals surface area contributed by atoms with E-state index in [4.69, 9.17) is 9.31 Å². The number of nitrogens with zero attached hydrogens (tertiary/aromatic N) is 6. The predicted molar refractivity (Wildman–Crippen MR) is 136 cm³/mol. The van der Waals surface area contributed by atoms with Crippen LogP contribution < -0.4 is 5.46 Å². The van der Waals surface area contributed by atoms with Crippen molar-refractivity contribution in [3.8, 4) is 22.8 Å². The summed E-state index contributed by atoms with van der Waals surface area (Å²) in [4.78, 5) is 8.60. The minimum atomic E-state index is -0.430. The van der Waals surface area contributed by atoms with E-state index >= 15 is 0 Å². The fourth-order valence-electron chi connectivity index (χ4n) is 3.49. The second kappa shape index (κ2) is 9.44. The molecule has 0 radical (unpaired) electrons. The van der Waals surface area contributed by atoms with Gasteiger partial charge in [0, 0.05) is 44.3 Å². The first-order valence-electron chi connectivity index (χ1n) is 11.0. The molecule has 1 fully saturated rings. The Balaban J connectivity index is 0.000000180. The van der Waals surface area contributed by atoms with Crippen LogP contribution in [-0.4, -0.2) is 47.8 Å². The van der Waals surface area contributed by atoms with E-state index in [1.165, 1.54) is 0 Å². The van der Waals surface area contributed by atoms with Crippen LogP contribution in [0.15, 0.2) is 65.7 Å². The molecule has 4 aromatic rings. The summed E-state index contributed by atoms with van der Waals surface area (Å²) < 4.78 is 16.7. The van der Waals surface area contributed by atoms with E-state index < -0.39 is 7.12 Å². The molecule has 176 valence electrons. The summed E-state index contributed by atoms with van der Waals surface area (Å²) in [5.74, 6) is 0. The Morgan fingerprint density at radius 2 is 1.26 bits per heavy atom. The molecule has 0 amide bonds. The molecule has 0 aromatic carbocycles. The molecule has 0 bridgehead atoms. The van der Waals surface area contributed by atoms with Crippen molar-refractivity contribution < 1.29 is 9.31 Å². The second-order valence-electron chi connectivity index (χ2n) is 9.12. The predicted octanol–water partition coefficient (Wildman–Crippen LogP) is 4.03. The minimum Gasteiger partial charge on any atom is -0.399 e. The van der Waals surface area contributed by atoms with Gasteiger partial charge in [-0.25, -0.2) is 0 Å². The maximum Gasteiger partial charge on any atom is 0.498 e. The summed E-state index contributed by atoms with van der Waals surface area (Å²) in [5, 5.41) is 8.80. The van der Waals surface area contributed by atoms with Crippen molar-refractivity contribution in [2.24, 2.45) is 14.1 Å². The highest BCUT2D eigenvalue weighted by atomic mass is 79.9. The molecule has 0 spiro atoms. The molecule has 1 saturated heterocycles. The molecular weight excluding hydrogens is 495 g/mol. The summed E-state index contributed by atoms with van der Waals surface area (Å²) in [5.41, 5.74) is 3.57. The summed E-state index contributed by atoms with van der Waals surface area (Å²) in [6, 6.07) is 11.6. The average Bonchev–Trinajstić information content (AvgIpc) is 3.42. The largest absolute Gasteiger partial charge is 0.498 e. The summed E-state index contributed by atoms with van der Waals surface area (Å²) >= 11 is 3.43. The van der Waals surface area contributed by atoms with Crippen molar-refractivity contribution in [2.45, 2.75) is 38.9 Å². The Morgan fingerprint density at radius 1 is 0.765 bits per heavy atom. The highest BCUT2D eigenvalue weighted by Crippen LogP contribution is 2.37. The standard InChI is InChI=1S/C15H20BN3O2.C9H8BrN3/c1-14(2)15(3,4)21-16(20-14)11-10-19(5)18-13(11)12-8-6-7-9-17-12;1-13-6-7(10)9(12-13)8-4-2-3-5-11-8/h6-10H,1-5H3;2-6H,1H3. The second-order valence-corrected chi connectivity index (χ2v) is 9.98. The molecule has 34 heavy (non-hydrogen) atoms. The number of hydrogen-bond donors (Lipinski definition) is 0. The number of hydrogen-bond acceptors (Lipinski definition) is 6. The van der Waals surface area contributed by atoms with Gasteiger partial charge in [0.15, 0.2) is 0 Å². The Hall–Kier alpha value is -2.82. The average molecular weight is 523 g/mol. The fourth-order valence-corrected chi connectivity index (χ4v) is 4.07. The van der Waals surface area contributed by atoms with Gasteiger partial charge >= 0.3 is 7.12 Å². The van der Waals surface area contributed by atoms with Gasteiger partial charge in [-0.1, -0.05) is 12.1 Å². The monoisotopic (exact) mass is 522 g/mol. The molecule has 1 aliphatic heterocycles. The van der Waals surface area contributed by atoms with Gasteiger partial charge in [0.1, 0.15) is 11.4 Å². The molecule has 5 heterocycles. The van der Waals surface area contributed by atoms with Crippen molar-refractivity contribution in [1.82, 2.24) is 29.5 Å². The lowest BCUT2D eigenvalue weighted by molar-refractivity contribution is 0.00578. The molecule has 0 N–H and O–H groups in total. The van der Waals surface area contributed by atoms with Gasteiger partial charge in [-0.3, -0.25) is 19.3 Å². The zero-order chi connectivity index (χ0) is 24.5. The molecule has 8 nitrogen and oxygen atoms in total. The van der Waals surface area contributed by atoms with E-state index in [0.29, 0.717) is 0 Å². The Morgan fingerprint density at radius 3 is 1.74 bits per heavy atom. The van der Waals surface area contributed by atoms with Gasteiger partial charge in [-0.2, -0.15) is 10.2 Å². The Bertz CT molecular complexity index is 1240. The molecule has 4 aromatic heterocycles. The first-order chi connectivity index (χ1) is 16.1. The zero-order valence-electron chi connectivity index (χ0n) is 20.2. The van der Waals surface area contributed by atoms with Crippen LogP contribution in [0.2, 0.25) is 0 Å². The van der Waals surface area contributed by atoms with Crippen LogP contribution in [0, 0.1) is 0 Å². The van der Waals surface area contributed by atoms with E-state index in [1.54, 1.807) is 21.8 Å². The van der Waals surface area contributed by atoms with E-state index in [9.17, 15) is 0 Å². The van der Waals surface area contributed by atoms with Gasteiger partial charge < -0.3 is 9.31 Å². The number of rotatable bonds is 3. The highest BCUT2D eigenvalue weighted by molar-refractivity contribution is 9.10. The first kappa shape index (κ1) is 24.3. The first-order valence-corrected chi connectivity index (χ1v) is 11.8. The molecular formula is C24H28BBrN6O2. The number of aryl methyl sites for hydroxylation is 2. The van der Waals surface area contributed by atoms with E-state index in [1.807, 2.05) is 90.6 Å². The number of aromatic nitrogens is 6. The van der Waals surface area contributed by atoms with E-state index in [0.717, 1.165) is 32.7 Å². The van der Waals surface area contributed by atoms with Crippen molar-refractivity contribution in [2.75, 3.05) is 0 Å². The fraction of sp³-hybridized carbons (Fsp3) is 0.333. The van der Waals surface area contributed by atoms with Gasteiger partial charge in [0.05, 0.1) is 27.1 Å². The third-order valence-electron chi connectivity index (χ3n) is 5.96.